The Hall–Kier alpha value is -1.07. The van der Waals surface area contributed by atoms with Gasteiger partial charge in [-0.3, -0.25) is 9.89 Å². The van der Waals surface area contributed by atoms with Crippen molar-refractivity contribution in [2.75, 3.05) is 18.4 Å². The number of nitrogens with one attached hydrogen (secondary N) is 3. The monoisotopic (exact) mass is 340 g/mol. The average molecular weight is 341 g/mol. The predicted octanol–water partition coefficient (Wildman–Crippen LogP) is 3.60. The smallest absolute Gasteiger partial charge is 0.225 e. The van der Waals surface area contributed by atoms with Crippen molar-refractivity contribution in [2.24, 2.45) is 5.92 Å². The fourth-order valence-corrected chi connectivity index (χ4v) is 3.73. The van der Waals surface area contributed by atoms with Crippen LogP contribution in [0, 0.1) is 5.92 Å². The number of carbonyl (C=O) groups excluding carboxylic acids is 1. The van der Waals surface area contributed by atoms with E-state index in [4.69, 9.17) is 0 Å². The van der Waals surface area contributed by atoms with Gasteiger partial charge in [-0.05, 0) is 51.1 Å². The van der Waals surface area contributed by atoms with Crippen molar-refractivity contribution in [3.05, 3.63) is 11.8 Å². The van der Waals surface area contributed by atoms with Crippen LogP contribution in [0.15, 0.2) is 6.07 Å². The first-order valence-electron chi connectivity index (χ1n) is 8.87. The number of halogens is 1. The van der Waals surface area contributed by atoms with Crippen molar-refractivity contribution in [1.82, 2.24) is 15.5 Å². The molecule has 2 heterocycles. The summed E-state index contributed by atoms with van der Waals surface area (Å²) in [5, 5.41) is 13.7. The molecule has 0 bridgehead atoms. The maximum Gasteiger partial charge on any atom is 0.225 e. The number of H-pyrrole nitrogens is 1. The van der Waals surface area contributed by atoms with Crippen LogP contribution >= 0.6 is 12.4 Å². The van der Waals surface area contributed by atoms with Gasteiger partial charge in [-0.25, -0.2) is 0 Å². The van der Waals surface area contributed by atoms with Crippen molar-refractivity contribution in [3.8, 4) is 0 Å². The molecule has 23 heavy (non-hydrogen) atoms. The minimum atomic E-state index is 0. The number of aromatic nitrogens is 2. The summed E-state index contributed by atoms with van der Waals surface area (Å²) in [6.07, 6.45) is 10.4. The van der Waals surface area contributed by atoms with E-state index < -0.39 is 0 Å². The number of anilines is 1. The number of piperidine rings is 1. The van der Waals surface area contributed by atoms with Gasteiger partial charge in [-0.15, -0.1) is 12.4 Å². The molecule has 1 aliphatic heterocycles. The van der Waals surface area contributed by atoms with Crippen molar-refractivity contribution >= 4 is 24.1 Å². The van der Waals surface area contributed by atoms with E-state index in [1.165, 1.54) is 50.6 Å². The molecule has 1 aromatic heterocycles. The summed E-state index contributed by atoms with van der Waals surface area (Å²) in [5.41, 5.74) is 1.19. The molecule has 0 atom stereocenters. The molecule has 1 aliphatic carbocycles. The lowest BCUT2D eigenvalue weighted by molar-refractivity contribution is -0.116. The Labute approximate surface area is 144 Å². The third kappa shape index (κ3) is 5.50. The molecule has 1 saturated carbocycles. The SMILES string of the molecule is Cl.O=C(CCC1CCNCC1)Nc1cc(C2CCCCC2)[nH]n1. The third-order valence-corrected chi connectivity index (χ3v) is 5.15. The number of hydrogen-bond donors (Lipinski definition) is 3. The fourth-order valence-electron chi connectivity index (χ4n) is 3.73. The van der Waals surface area contributed by atoms with E-state index in [1.807, 2.05) is 6.07 Å². The second-order valence-electron chi connectivity index (χ2n) is 6.82. The highest BCUT2D eigenvalue weighted by Gasteiger charge is 2.19. The first kappa shape index (κ1) is 18.3. The van der Waals surface area contributed by atoms with Crippen LogP contribution in [0.5, 0.6) is 0 Å². The van der Waals surface area contributed by atoms with Crippen LogP contribution in [0.25, 0.3) is 0 Å². The molecular formula is C17H29ClN4O. The van der Waals surface area contributed by atoms with Crippen molar-refractivity contribution in [3.63, 3.8) is 0 Å². The second-order valence-corrected chi connectivity index (χ2v) is 6.82. The zero-order valence-corrected chi connectivity index (χ0v) is 14.6. The Kier molecular flexibility index (Phi) is 7.37. The van der Waals surface area contributed by atoms with Crippen LogP contribution in [0.3, 0.4) is 0 Å². The molecule has 1 amide bonds. The zero-order chi connectivity index (χ0) is 15.2. The van der Waals surface area contributed by atoms with Crippen LogP contribution in [0.2, 0.25) is 0 Å². The van der Waals surface area contributed by atoms with Crippen molar-refractivity contribution in [2.45, 2.75) is 63.7 Å². The van der Waals surface area contributed by atoms with Gasteiger partial charge in [0.1, 0.15) is 0 Å². The van der Waals surface area contributed by atoms with Crippen LogP contribution < -0.4 is 10.6 Å². The largest absolute Gasteiger partial charge is 0.317 e. The number of hydrogen-bond acceptors (Lipinski definition) is 3. The Bertz CT molecular complexity index is 479. The summed E-state index contributed by atoms with van der Waals surface area (Å²) in [5.74, 6) is 2.08. The average Bonchev–Trinajstić information content (AvgIpc) is 3.03. The predicted molar refractivity (Wildman–Crippen MR) is 95.1 cm³/mol. The van der Waals surface area contributed by atoms with Gasteiger partial charge >= 0.3 is 0 Å². The summed E-state index contributed by atoms with van der Waals surface area (Å²) >= 11 is 0. The van der Waals surface area contributed by atoms with Gasteiger partial charge in [-0.1, -0.05) is 19.3 Å². The highest BCUT2D eigenvalue weighted by Crippen LogP contribution is 2.32. The molecule has 5 nitrogen and oxygen atoms in total. The Balaban J connectivity index is 0.00000192. The van der Waals surface area contributed by atoms with Gasteiger partial charge in [0.2, 0.25) is 5.91 Å². The number of nitrogens with zero attached hydrogens (tertiary/aromatic N) is 1. The van der Waals surface area contributed by atoms with E-state index >= 15 is 0 Å². The number of carbonyl (C=O) groups is 1. The van der Waals surface area contributed by atoms with Gasteiger partial charge in [0, 0.05) is 24.1 Å². The maximum absolute atomic E-state index is 12.1. The van der Waals surface area contributed by atoms with Crippen LogP contribution in [-0.4, -0.2) is 29.2 Å². The maximum atomic E-state index is 12.1. The summed E-state index contributed by atoms with van der Waals surface area (Å²) in [6.45, 7) is 2.19. The Morgan fingerprint density at radius 3 is 2.65 bits per heavy atom. The normalized spacial score (nSPS) is 20.0. The second kappa shape index (κ2) is 9.28. The number of rotatable bonds is 5. The minimum Gasteiger partial charge on any atom is -0.317 e. The fraction of sp³-hybridized carbons (Fsp3) is 0.765. The van der Waals surface area contributed by atoms with E-state index in [0.717, 1.165) is 19.5 Å². The summed E-state index contributed by atoms with van der Waals surface area (Å²) in [7, 11) is 0. The highest BCUT2D eigenvalue weighted by molar-refractivity contribution is 5.89. The minimum absolute atomic E-state index is 0. The van der Waals surface area contributed by atoms with Gasteiger partial charge < -0.3 is 10.6 Å². The number of aromatic amines is 1. The summed E-state index contributed by atoms with van der Waals surface area (Å²) < 4.78 is 0. The molecule has 6 heteroatoms. The van der Waals surface area contributed by atoms with E-state index in [2.05, 4.69) is 20.8 Å². The van der Waals surface area contributed by atoms with Gasteiger partial charge in [-0.2, -0.15) is 5.10 Å². The lowest BCUT2D eigenvalue weighted by Gasteiger charge is -2.22. The zero-order valence-electron chi connectivity index (χ0n) is 13.8. The molecule has 1 saturated heterocycles. The van der Waals surface area contributed by atoms with Gasteiger partial charge in [0.25, 0.3) is 0 Å². The lowest BCUT2D eigenvalue weighted by Crippen LogP contribution is -2.28. The molecule has 0 aromatic carbocycles. The Morgan fingerprint density at radius 2 is 1.91 bits per heavy atom. The molecule has 1 aromatic rings. The van der Waals surface area contributed by atoms with Crippen molar-refractivity contribution in [1.29, 1.82) is 0 Å². The number of amides is 1. The van der Waals surface area contributed by atoms with E-state index in [9.17, 15) is 4.79 Å². The molecule has 0 unspecified atom stereocenters. The molecular weight excluding hydrogens is 312 g/mol. The summed E-state index contributed by atoms with van der Waals surface area (Å²) in [4.78, 5) is 12.1. The molecule has 0 spiro atoms. The van der Waals surface area contributed by atoms with Gasteiger partial charge in [0.05, 0.1) is 0 Å². The third-order valence-electron chi connectivity index (χ3n) is 5.15. The Morgan fingerprint density at radius 1 is 1.17 bits per heavy atom. The van der Waals surface area contributed by atoms with Crippen LogP contribution in [-0.2, 0) is 4.79 Å². The topological polar surface area (TPSA) is 69.8 Å². The first-order chi connectivity index (χ1) is 10.8. The van der Waals surface area contributed by atoms with Crippen LogP contribution in [0.1, 0.15) is 69.4 Å². The van der Waals surface area contributed by atoms with Crippen LogP contribution in [0.4, 0.5) is 5.82 Å². The van der Waals surface area contributed by atoms with E-state index in [-0.39, 0.29) is 18.3 Å². The summed E-state index contributed by atoms with van der Waals surface area (Å²) in [6, 6.07) is 2.03. The van der Waals surface area contributed by atoms with Gasteiger partial charge in [0.15, 0.2) is 5.82 Å². The molecule has 0 radical (unpaired) electrons. The molecule has 2 aliphatic rings. The van der Waals surface area contributed by atoms with E-state index in [1.54, 1.807) is 0 Å². The van der Waals surface area contributed by atoms with E-state index in [0.29, 0.717) is 24.1 Å². The first-order valence-corrected chi connectivity index (χ1v) is 8.87. The molecule has 130 valence electrons. The molecule has 3 N–H and O–H groups in total. The van der Waals surface area contributed by atoms with Crippen molar-refractivity contribution < 1.29 is 4.79 Å². The quantitative estimate of drug-likeness (QED) is 0.767. The highest BCUT2D eigenvalue weighted by atomic mass is 35.5. The standard InChI is InChI=1S/C17H28N4O.ClH/c22-17(7-6-13-8-10-18-11-9-13)19-16-12-15(20-21-16)14-4-2-1-3-5-14;/h12-14,18H,1-11H2,(H2,19,20,21,22);1H. The lowest BCUT2D eigenvalue weighted by atomic mass is 9.87. The molecule has 2 fully saturated rings. The molecule has 3 rings (SSSR count).